The van der Waals surface area contributed by atoms with Gasteiger partial charge in [0.05, 0.1) is 5.75 Å². The fourth-order valence-corrected chi connectivity index (χ4v) is 4.03. The van der Waals surface area contributed by atoms with Crippen LogP contribution in [0.25, 0.3) is 0 Å². The Morgan fingerprint density at radius 1 is 1.26 bits per heavy atom. The summed E-state index contributed by atoms with van der Waals surface area (Å²) in [4.78, 5) is 13.6. The van der Waals surface area contributed by atoms with Gasteiger partial charge < -0.3 is 4.90 Å². The molecule has 1 N–H and O–H groups in total. The molecule has 1 aliphatic rings. The number of nitrogens with one attached hydrogen (secondary N) is 1. The summed E-state index contributed by atoms with van der Waals surface area (Å²) in [5.41, 5.74) is 1.15. The fourth-order valence-electron chi connectivity index (χ4n) is 2.87. The Hall–Kier alpha value is -1.40. The molecule has 128 valence electrons. The number of aryl methyl sites for hydroxylation is 1. The minimum atomic E-state index is -3.27. The highest BCUT2D eigenvalue weighted by atomic mass is 32.2. The molecule has 1 saturated heterocycles. The summed E-state index contributed by atoms with van der Waals surface area (Å²) in [5, 5.41) is 0. The van der Waals surface area contributed by atoms with Crippen molar-refractivity contribution >= 4 is 15.9 Å². The zero-order valence-corrected chi connectivity index (χ0v) is 14.7. The van der Waals surface area contributed by atoms with E-state index in [2.05, 4.69) is 4.72 Å². The van der Waals surface area contributed by atoms with Gasteiger partial charge in [-0.3, -0.25) is 4.79 Å². The maximum absolute atomic E-state index is 12.1. The van der Waals surface area contributed by atoms with Crippen molar-refractivity contribution < 1.29 is 13.2 Å². The van der Waals surface area contributed by atoms with Gasteiger partial charge in [-0.05, 0) is 38.2 Å². The average molecular weight is 338 g/mol. The number of carbonyl (C=O) groups is 1. The summed E-state index contributed by atoms with van der Waals surface area (Å²) in [6.07, 6.45) is 1.79. The van der Waals surface area contributed by atoms with Crippen LogP contribution in [0.2, 0.25) is 0 Å². The van der Waals surface area contributed by atoms with Crippen LogP contribution in [-0.2, 0) is 21.2 Å². The van der Waals surface area contributed by atoms with E-state index < -0.39 is 10.0 Å². The summed E-state index contributed by atoms with van der Waals surface area (Å²) >= 11 is 0. The Morgan fingerprint density at radius 2 is 1.96 bits per heavy atom. The molecule has 1 aromatic carbocycles. The predicted molar refractivity (Wildman–Crippen MR) is 91.5 cm³/mol. The molecule has 5 nitrogen and oxygen atoms in total. The molecule has 0 radical (unpaired) electrons. The standard InChI is InChI=1S/C17H26N2O3S/c1-14(2)19-13-16(11-17(19)20)12-18-23(21,22)10-6-9-15-7-4-3-5-8-15/h3-5,7-8,14,16,18H,6,9-13H2,1-2H3. The molecular formula is C17H26N2O3S. The average Bonchev–Trinajstić information content (AvgIpc) is 2.88. The first-order chi connectivity index (χ1) is 10.9. The van der Waals surface area contributed by atoms with E-state index in [1.54, 1.807) is 0 Å². The largest absolute Gasteiger partial charge is 0.340 e. The van der Waals surface area contributed by atoms with Crippen molar-refractivity contribution in [2.45, 2.75) is 39.2 Å². The van der Waals surface area contributed by atoms with E-state index in [1.807, 2.05) is 49.1 Å². The number of sulfonamides is 1. The van der Waals surface area contributed by atoms with E-state index in [4.69, 9.17) is 0 Å². The molecule has 6 heteroatoms. The Bertz CT molecular complexity index is 614. The molecule has 1 aliphatic heterocycles. The Labute approximate surface area is 139 Å². The molecule has 2 rings (SSSR count). The van der Waals surface area contributed by atoms with E-state index in [1.165, 1.54) is 0 Å². The van der Waals surface area contributed by atoms with Crippen molar-refractivity contribution in [3.8, 4) is 0 Å². The number of nitrogens with zero attached hydrogens (tertiary/aromatic N) is 1. The highest BCUT2D eigenvalue weighted by Crippen LogP contribution is 2.19. The molecule has 1 fully saturated rings. The van der Waals surface area contributed by atoms with Crippen molar-refractivity contribution in [2.24, 2.45) is 5.92 Å². The van der Waals surface area contributed by atoms with Crippen LogP contribution in [0.4, 0.5) is 0 Å². The highest BCUT2D eigenvalue weighted by molar-refractivity contribution is 7.89. The quantitative estimate of drug-likeness (QED) is 0.786. The molecule has 0 aromatic heterocycles. The van der Waals surface area contributed by atoms with Crippen LogP contribution < -0.4 is 4.72 Å². The molecule has 1 atom stereocenters. The Kier molecular flexibility index (Phi) is 6.18. The van der Waals surface area contributed by atoms with Crippen molar-refractivity contribution in [1.29, 1.82) is 0 Å². The maximum atomic E-state index is 12.1. The molecule has 0 saturated carbocycles. The molecule has 1 aromatic rings. The number of likely N-dealkylation sites (tertiary alicyclic amines) is 1. The molecule has 0 bridgehead atoms. The van der Waals surface area contributed by atoms with Gasteiger partial charge in [0.15, 0.2) is 0 Å². The second-order valence-corrected chi connectivity index (χ2v) is 8.39. The first-order valence-electron chi connectivity index (χ1n) is 8.18. The number of rotatable bonds is 8. The normalized spacial score (nSPS) is 18.8. The lowest BCUT2D eigenvalue weighted by Crippen LogP contribution is -2.35. The van der Waals surface area contributed by atoms with Gasteiger partial charge >= 0.3 is 0 Å². The maximum Gasteiger partial charge on any atom is 0.223 e. The summed E-state index contributed by atoms with van der Waals surface area (Å²) in [7, 11) is -3.27. The van der Waals surface area contributed by atoms with Gasteiger partial charge in [0.1, 0.15) is 0 Å². The van der Waals surface area contributed by atoms with Crippen LogP contribution in [0.15, 0.2) is 30.3 Å². The predicted octanol–water partition coefficient (Wildman–Crippen LogP) is 1.80. The van der Waals surface area contributed by atoms with Crippen LogP contribution in [0.3, 0.4) is 0 Å². The van der Waals surface area contributed by atoms with E-state index in [0.717, 1.165) is 12.0 Å². The summed E-state index contributed by atoms with van der Waals surface area (Å²) < 4.78 is 26.8. The van der Waals surface area contributed by atoms with Gasteiger partial charge in [0.2, 0.25) is 15.9 Å². The molecule has 1 heterocycles. The second kappa shape index (κ2) is 7.93. The minimum Gasteiger partial charge on any atom is -0.340 e. The topological polar surface area (TPSA) is 66.5 Å². The zero-order chi connectivity index (χ0) is 16.9. The fraction of sp³-hybridized carbons (Fsp3) is 0.588. The number of benzene rings is 1. The highest BCUT2D eigenvalue weighted by Gasteiger charge is 2.31. The Balaban J connectivity index is 1.73. The second-order valence-electron chi connectivity index (χ2n) is 6.47. The third-order valence-corrected chi connectivity index (χ3v) is 5.61. The molecule has 23 heavy (non-hydrogen) atoms. The van der Waals surface area contributed by atoms with Gasteiger partial charge in [-0.2, -0.15) is 0 Å². The van der Waals surface area contributed by atoms with Gasteiger partial charge in [0, 0.05) is 25.6 Å². The molecule has 0 aliphatic carbocycles. The van der Waals surface area contributed by atoms with Crippen molar-refractivity contribution in [1.82, 2.24) is 9.62 Å². The van der Waals surface area contributed by atoms with Crippen LogP contribution >= 0.6 is 0 Å². The lowest BCUT2D eigenvalue weighted by atomic mass is 10.1. The molecule has 0 spiro atoms. The third-order valence-electron chi connectivity index (χ3n) is 4.18. The van der Waals surface area contributed by atoms with E-state index in [0.29, 0.717) is 25.9 Å². The molecule has 1 unspecified atom stereocenters. The van der Waals surface area contributed by atoms with Gasteiger partial charge in [-0.15, -0.1) is 0 Å². The van der Waals surface area contributed by atoms with E-state index >= 15 is 0 Å². The van der Waals surface area contributed by atoms with Gasteiger partial charge in [-0.1, -0.05) is 30.3 Å². The Morgan fingerprint density at radius 3 is 2.57 bits per heavy atom. The van der Waals surface area contributed by atoms with Crippen molar-refractivity contribution in [2.75, 3.05) is 18.8 Å². The first kappa shape index (κ1) is 17.9. The van der Waals surface area contributed by atoms with Crippen LogP contribution in [0.1, 0.15) is 32.3 Å². The lowest BCUT2D eigenvalue weighted by Gasteiger charge is -2.21. The van der Waals surface area contributed by atoms with Crippen LogP contribution in [-0.4, -0.2) is 44.1 Å². The van der Waals surface area contributed by atoms with Gasteiger partial charge in [-0.25, -0.2) is 13.1 Å². The SMILES string of the molecule is CC(C)N1CC(CNS(=O)(=O)CCCc2ccccc2)CC1=O. The number of carbonyl (C=O) groups excluding carboxylic acids is 1. The molecule has 1 amide bonds. The van der Waals surface area contributed by atoms with E-state index in [-0.39, 0.29) is 23.6 Å². The van der Waals surface area contributed by atoms with E-state index in [9.17, 15) is 13.2 Å². The van der Waals surface area contributed by atoms with Crippen LogP contribution in [0.5, 0.6) is 0 Å². The minimum absolute atomic E-state index is 0.0776. The van der Waals surface area contributed by atoms with Crippen molar-refractivity contribution in [3.05, 3.63) is 35.9 Å². The van der Waals surface area contributed by atoms with Crippen molar-refractivity contribution in [3.63, 3.8) is 0 Å². The number of hydrogen-bond acceptors (Lipinski definition) is 3. The summed E-state index contributed by atoms with van der Waals surface area (Å²) in [6, 6.07) is 10.1. The smallest absolute Gasteiger partial charge is 0.223 e. The number of amides is 1. The first-order valence-corrected chi connectivity index (χ1v) is 9.83. The monoisotopic (exact) mass is 338 g/mol. The molecular weight excluding hydrogens is 312 g/mol. The third kappa shape index (κ3) is 5.62. The number of hydrogen-bond donors (Lipinski definition) is 1. The van der Waals surface area contributed by atoms with Crippen LogP contribution in [0, 0.1) is 5.92 Å². The van der Waals surface area contributed by atoms with Gasteiger partial charge in [0.25, 0.3) is 0 Å². The summed E-state index contributed by atoms with van der Waals surface area (Å²) in [5.74, 6) is 0.318. The zero-order valence-electron chi connectivity index (χ0n) is 13.9. The lowest BCUT2D eigenvalue weighted by molar-refractivity contribution is -0.129. The summed E-state index contributed by atoms with van der Waals surface area (Å²) in [6.45, 7) is 4.95.